The Morgan fingerprint density at radius 3 is 2.44 bits per heavy atom. The number of aliphatic hydroxyl groups excluding tert-OH is 1. The van der Waals surface area contributed by atoms with Crippen LogP contribution < -0.4 is 0 Å². The molecule has 3 nitrogen and oxygen atoms in total. The summed E-state index contributed by atoms with van der Waals surface area (Å²) in [4.78, 5) is 0. The van der Waals surface area contributed by atoms with E-state index in [4.69, 9.17) is 0 Å². The van der Waals surface area contributed by atoms with E-state index < -0.39 is 6.10 Å². The minimum absolute atomic E-state index is 0.404. The largest absolute Gasteiger partial charge is 0.388 e. The number of aryl methyl sites for hydroxylation is 4. The number of benzene rings is 1. The number of aliphatic hydroxyl groups is 1. The fraction of sp³-hybridized carbons (Fsp3) is 0.400. The van der Waals surface area contributed by atoms with E-state index in [0.29, 0.717) is 0 Å². The smallest absolute Gasteiger partial charge is 0.0794 e. The second-order valence-electron chi connectivity index (χ2n) is 4.92. The van der Waals surface area contributed by atoms with Gasteiger partial charge in [-0.3, -0.25) is 4.68 Å². The average Bonchev–Trinajstić information content (AvgIpc) is 2.70. The molecule has 0 saturated carbocycles. The normalized spacial score (nSPS) is 12.7. The van der Waals surface area contributed by atoms with Crippen molar-refractivity contribution < 1.29 is 5.11 Å². The third-order valence-electron chi connectivity index (χ3n) is 3.23. The van der Waals surface area contributed by atoms with Gasteiger partial charge >= 0.3 is 0 Å². The molecule has 0 aliphatic carbocycles. The van der Waals surface area contributed by atoms with Crippen LogP contribution in [0.2, 0.25) is 0 Å². The molecular formula is C15H20N2O. The van der Waals surface area contributed by atoms with Gasteiger partial charge in [0.05, 0.1) is 6.10 Å². The lowest BCUT2D eigenvalue weighted by Gasteiger charge is -2.12. The van der Waals surface area contributed by atoms with E-state index in [-0.39, 0.29) is 0 Å². The van der Waals surface area contributed by atoms with E-state index in [9.17, 15) is 5.11 Å². The molecule has 0 amide bonds. The van der Waals surface area contributed by atoms with Crippen LogP contribution in [0.25, 0.3) is 0 Å². The van der Waals surface area contributed by atoms with Gasteiger partial charge in [0.1, 0.15) is 0 Å². The first kappa shape index (κ1) is 12.8. The fourth-order valence-electron chi connectivity index (χ4n) is 2.30. The summed E-state index contributed by atoms with van der Waals surface area (Å²) in [5.41, 5.74) is 4.56. The predicted octanol–water partition coefficient (Wildman–Crippen LogP) is 2.70. The molecule has 1 unspecified atom stereocenters. The highest BCUT2D eigenvalue weighted by molar-refractivity contribution is 5.30. The topological polar surface area (TPSA) is 38.1 Å². The Bertz CT molecular complexity index is 511. The molecular weight excluding hydrogens is 224 g/mol. The lowest BCUT2D eigenvalue weighted by molar-refractivity contribution is 0.167. The van der Waals surface area contributed by atoms with E-state index in [2.05, 4.69) is 37.1 Å². The van der Waals surface area contributed by atoms with Crippen molar-refractivity contribution in [3.05, 3.63) is 52.8 Å². The minimum atomic E-state index is -0.404. The van der Waals surface area contributed by atoms with Crippen molar-refractivity contribution in [2.45, 2.75) is 32.8 Å². The van der Waals surface area contributed by atoms with Crippen LogP contribution in [0, 0.1) is 13.8 Å². The Morgan fingerprint density at radius 1 is 1.22 bits per heavy atom. The number of hydrogen-bond donors (Lipinski definition) is 1. The maximum atomic E-state index is 10.2. The van der Waals surface area contributed by atoms with Crippen LogP contribution in [0.4, 0.5) is 0 Å². The zero-order chi connectivity index (χ0) is 13.1. The first-order valence-electron chi connectivity index (χ1n) is 6.29. The van der Waals surface area contributed by atoms with Gasteiger partial charge in [0.25, 0.3) is 0 Å². The van der Waals surface area contributed by atoms with Gasteiger partial charge in [-0.25, -0.2) is 0 Å². The molecule has 0 saturated heterocycles. The third kappa shape index (κ3) is 2.99. The SMILES string of the molecule is Cc1cc(C)cc(C(O)CCc2ccnn2C)c1. The van der Waals surface area contributed by atoms with Gasteiger partial charge in [-0.15, -0.1) is 0 Å². The number of hydrogen-bond acceptors (Lipinski definition) is 2. The van der Waals surface area contributed by atoms with E-state index in [1.807, 2.05) is 17.8 Å². The Hall–Kier alpha value is -1.61. The highest BCUT2D eigenvalue weighted by atomic mass is 16.3. The third-order valence-corrected chi connectivity index (χ3v) is 3.23. The first-order chi connectivity index (χ1) is 8.56. The van der Waals surface area contributed by atoms with Crippen LogP contribution >= 0.6 is 0 Å². The summed E-state index contributed by atoms with van der Waals surface area (Å²) in [6.45, 7) is 4.12. The number of rotatable bonds is 4. The number of aromatic nitrogens is 2. The molecule has 2 rings (SSSR count). The molecule has 0 radical (unpaired) electrons. The van der Waals surface area contributed by atoms with Crippen molar-refractivity contribution in [3.63, 3.8) is 0 Å². The Morgan fingerprint density at radius 2 is 1.89 bits per heavy atom. The van der Waals surface area contributed by atoms with Gasteiger partial charge in [-0.2, -0.15) is 5.10 Å². The maximum absolute atomic E-state index is 10.2. The van der Waals surface area contributed by atoms with Crippen LogP contribution in [0.5, 0.6) is 0 Å². The molecule has 0 aliphatic rings. The predicted molar refractivity (Wildman–Crippen MR) is 72.4 cm³/mol. The highest BCUT2D eigenvalue weighted by Crippen LogP contribution is 2.21. The molecule has 1 aromatic heterocycles. The quantitative estimate of drug-likeness (QED) is 0.898. The highest BCUT2D eigenvalue weighted by Gasteiger charge is 2.10. The Kier molecular flexibility index (Phi) is 3.82. The Labute approximate surface area is 108 Å². The second kappa shape index (κ2) is 5.36. The van der Waals surface area contributed by atoms with E-state index in [0.717, 1.165) is 24.1 Å². The summed E-state index contributed by atoms with van der Waals surface area (Å²) in [6, 6.07) is 8.23. The molecule has 0 aliphatic heterocycles. The summed E-state index contributed by atoms with van der Waals surface area (Å²) in [5, 5.41) is 14.4. The maximum Gasteiger partial charge on any atom is 0.0794 e. The van der Waals surface area contributed by atoms with E-state index in [1.54, 1.807) is 6.20 Å². The van der Waals surface area contributed by atoms with Gasteiger partial charge in [0.2, 0.25) is 0 Å². The monoisotopic (exact) mass is 244 g/mol. The van der Waals surface area contributed by atoms with Gasteiger partial charge in [-0.05, 0) is 38.3 Å². The average molecular weight is 244 g/mol. The molecule has 1 aromatic carbocycles. The van der Waals surface area contributed by atoms with Gasteiger partial charge < -0.3 is 5.11 Å². The zero-order valence-corrected chi connectivity index (χ0v) is 11.2. The lowest BCUT2D eigenvalue weighted by atomic mass is 9.99. The van der Waals surface area contributed by atoms with Crippen molar-refractivity contribution in [1.29, 1.82) is 0 Å². The van der Waals surface area contributed by atoms with Gasteiger partial charge in [0.15, 0.2) is 0 Å². The van der Waals surface area contributed by atoms with Crippen molar-refractivity contribution in [1.82, 2.24) is 9.78 Å². The standard InChI is InChI=1S/C15H20N2O/c1-11-8-12(2)10-13(9-11)15(18)5-4-14-6-7-16-17(14)3/h6-10,15,18H,4-5H2,1-3H3. The zero-order valence-electron chi connectivity index (χ0n) is 11.2. The molecule has 1 heterocycles. The molecule has 18 heavy (non-hydrogen) atoms. The fourth-order valence-corrected chi connectivity index (χ4v) is 2.30. The van der Waals surface area contributed by atoms with Crippen LogP contribution in [0.3, 0.4) is 0 Å². The van der Waals surface area contributed by atoms with Crippen molar-refractivity contribution >= 4 is 0 Å². The first-order valence-corrected chi connectivity index (χ1v) is 6.29. The van der Waals surface area contributed by atoms with Gasteiger partial charge in [-0.1, -0.05) is 29.3 Å². The molecule has 1 N–H and O–H groups in total. The lowest BCUT2D eigenvalue weighted by Crippen LogP contribution is -2.04. The molecule has 2 aromatic rings. The number of nitrogens with zero attached hydrogens (tertiary/aromatic N) is 2. The van der Waals surface area contributed by atoms with Crippen LogP contribution in [-0.4, -0.2) is 14.9 Å². The molecule has 0 fully saturated rings. The Balaban J connectivity index is 2.03. The summed E-state index contributed by atoms with van der Waals surface area (Å²) >= 11 is 0. The molecule has 0 spiro atoms. The summed E-state index contributed by atoms with van der Waals surface area (Å²) < 4.78 is 1.86. The van der Waals surface area contributed by atoms with Crippen LogP contribution in [0.15, 0.2) is 30.5 Å². The molecule has 1 atom stereocenters. The summed E-state index contributed by atoms with van der Waals surface area (Å²) in [5.74, 6) is 0. The molecule has 0 bridgehead atoms. The molecule has 96 valence electrons. The van der Waals surface area contributed by atoms with Gasteiger partial charge in [0, 0.05) is 18.9 Å². The summed E-state index contributed by atoms with van der Waals surface area (Å²) in [7, 11) is 1.93. The minimum Gasteiger partial charge on any atom is -0.388 e. The van der Waals surface area contributed by atoms with E-state index in [1.165, 1.54) is 11.1 Å². The molecule has 3 heteroatoms. The second-order valence-corrected chi connectivity index (χ2v) is 4.92. The van der Waals surface area contributed by atoms with Crippen molar-refractivity contribution in [2.24, 2.45) is 7.05 Å². The summed E-state index contributed by atoms with van der Waals surface area (Å²) in [6.07, 6.45) is 2.95. The van der Waals surface area contributed by atoms with Crippen LogP contribution in [0.1, 0.15) is 34.9 Å². The van der Waals surface area contributed by atoms with Crippen molar-refractivity contribution in [3.8, 4) is 0 Å². The van der Waals surface area contributed by atoms with Crippen LogP contribution in [-0.2, 0) is 13.5 Å². The van der Waals surface area contributed by atoms with E-state index >= 15 is 0 Å². The van der Waals surface area contributed by atoms with Crippen molar-refractivity contribution in [2.75, 3.05) is 0 Å².